The molecule has 34 heavy (non-hydrogen) atoms. The number of nitrogens with one attached hydrogen (secondary N) is 1. The minimum Gasteiger partial charge on any atom is -0.497 e. The molecule has 1 aromatic carbocycles. The molecule has 3 rings (SSSR count). The maximum Gasteiger partial charge on any atom is 0.471 e. The Morgan fingerprint density at radius 1 is 1.06 bits per heavy atom. The van der Waals surface area contributed by atoms with Crippen molar-refractivity contribution in [3.63, 3.8) is 0 Å². The minimum absolute atomic E-state index is 0.0801. The van der Waals surface area contributed by atoms with Crippen molar-refractivity contribution in [2.24, 2.45) is 5.92 Å². The summed E-state index contributed by atoms with van der Waals surface area (Å²) in [6.45, 7) is -0.295. The number of halogens is 3. The van der Waals surface area contributed by atoms with E-state index in [-0.39, 0.29) is 32.7 Å². The summed E-state index contributed by atoms with van der Waals surface area (Å²) >= 11 is 0. The number of aliphatic carboxylic acids is 1. The fourth-order valence-corrected chi connectivity index (χ4v) is 3.95. The zero-order valence-electron chi connectivity index (χ0n) is 18.2. The van der Waals surface area contributed by atoms with Gasteiger partial charge in [-0.2, -0.15) is 13.2 Å². The first-order valence-electron chi connectivity index (χ1n) is 10.5. The van der Waals surface area contributed by atoms with Crippen LogP contribution in [0, 0.1) is 5.92 Å². The first-order chi connectivity index (χ1) is 16.0. The molecule has 2 heterocycles. The van der Waals surface area contributed by atoms with Crippen LogP contribution >= 0.6 is 0 Å². The topological polar surface area (TPSA) is 125 Å². The van der Waals surface area contributed by atoms with Crippen molar-refractivity contribution in [1.29, 1.82) is 0 Å². The molecule has 2 N–H and O–H groups in total. The van der Waals surface area contributed by atoms with Crippen LogP contribution in [-0.2, 0) is 23.9 Å². The number of hydrogen-bond acceptors (Lipinski definition) is 6. The van der Waals surface area contributed by atoms with E-state index in [9.17, 15) is 37.5 Å². The number of nitrogens with zero attached hydrogens (tertiary/aromatic N) is 2. The lowest BCUT2D eigenvalue weighted by molar-refractivity contribution is -0.176. The van der Waals surface area contributed by atoms with Gasteiger partial charge in [-0.1, -0.05) is 12.1 Å². The lowest BCUT2D eigenvalue weighted by atomic mass is 9.91. The first-order valence-corrected chi connectivity index (χ1v) is 10.5. The second-order valence-corrected chi connectivity index (χ2v) is 7.95. The summed E-state index contributed by atoms with van der Waals surface area (Å²) in [6.07, 6.45) is -5.92. The van der Waals surface area contributed by atoms with Crippen LogP contribution in [0.2, 0.25) is 0 Å². The van der Waals surface area contributed by atoms with Gasteiger partial charge in [-0.25, -0.2) is 0 Å². The van der Waals surface area contributed by atoms with Crippen LogP contribution in [0.1, 0.15) is 18.1 Å². The highest BCUT2D eigenvalue weighted by atomic mass is 19.4. The summed E-state index contributed by atoms with van der Waals surface area (Å²) in [5, 5.41) is 10.9. The van der Waals surface area contributed by atoms with E-state index in [1.54, 1.807) is 29.6 Å². The zero-order valence-corrected chi connectivity index (χ0v) is 18.2. The molecule has 0 saturated carbocycles. The summed E-state index contributed by atoms with van der Waals surface area (Å²) in [6, 6.07) is 5.50. The van der Waals surface area contributed by atoms with Crippen molar-refractivity contribution in [1.82, 2.24) is 15.1 Å². The van der Waals surface area contributed by atoms with E-state index in [0.29, 0.717) is 5.75 Å². The van der Waals surface area contributed by atoms with Crippen LogP contribution in [0.5, 0.6) is 5.75 Å². The number of carboxylic acid groups (broad SMARTS) is 1. The maximum atomic E-state index is 12.9. The fourth-order valence-electron chi connectivity index (χ4n) is 3.95. The molecule has 2 aliphatic heterocycles. The molecule has 2 aliphatic rings. The predicted octanol–water partition coefficient (Wildman–Crippen LogP) is 0.575. The molecule has 3 unspecified atom stereocenters. The van der Waals surface area contributed by atoms with Crippen molar-refractivity contribution in [2.75, 3.05) is 39.9 Å². The molecule has 0 aromatic heterocycles. The summed E-state index contributed by atoms with van der Waals surface area (Å²) in [4.78, 5) is 50.7. The molecule has 1 aromatic rings. The molecule has 10 nitrogen and oxygen atoms in total. The van der Waals surface area contributed by atoms with Crippen molar-refractivity contribution in [3.05, 3.63) is 29.8 Å². The third-order valence-corrected chi connectivity index (χ3v) is 5.82. The van der Waals surface area contributed by atoms with Gasteiger partial charge >= 0.3 is 29.9 Å². The number of alkyl halides is 3. The van der Waals surface area contributed by atoms with Crippen molar-refractivity contribution in [2.45, 2.75) is 24.7 Å². The highest BCUT2D eigenvalue weighted by Crippen LogP contribution is 2.26. The van der Waals surface area contributed by atoms with Crippen LogP contribution in [0.25, 0.3) is 0 Å². The molecule has 0 radical (unpaired) electrons. The molecule has 2 fully saturated rings. The Kier molecular flexibility index (Phi) is 7.64. The molecule has 2 saturated heterocycles. The Bertz CT molecular complexity index is 939. The second-order valence-electron chi connectivity index (χ2n) is 7.95. The number of methoxy groups -OCH3 is 1. The molecule has 13 heteroatoms. The Morgan fingerprint density at radius 2 is 1.68 bits per heavy atom. The van der Waals surface area contributed by atoms with E-state index in [2.05, 4.69) is 0 Å². The summed E-state index contributed by atoms with van der Waals surface area (Å²) in [5.41, 5.74) is 0.767. The molecule has 0 spiro atoms. The fraction of sp³-hybridized carbons (Fsp3) is 0.524. The largest absolute Gasteiger partial charge is 0.497 e. The normalized spacial score (nSPS) is 23.2. The molecule has 3 atom stereocenters. The Labute approximate surface area is 192 Å². The number of hydrogen-bond donors (Lipinski definition) is 2. The van der Waals surface area contributed by atoms with Crippen LogP contribution < -0.4 is 10.1 Å². The van der Waals surface area contributed by atoms with Gasteiger partial charge in [0.1, 0.15) is 11.9 Å². The van der Waals surface area contributed by atoms with Gasteiger partial charge in [0.2, 0.25) is 0 Å². The van der Waals surface area contributed by atoms with Gasteiger partial charge in [-0.15, -0.1) is 0 Å². The van der Waals surface area contributed by atoms with E-state index in [1.807, 2.05) is 0 Å². The number of amides is 3. The number of ether oxygens (including phenoxy) is 2. The number of morpholine rings is 1. The molecule has 0 aliphatic carbocycles. The third-order valence-electron chi connectivity index (χ3n) is 5.82. The SMILES string of the molecule is COc1ccc(C2CN(C(=O)C(=O)N3CCC(C(=O)O)C(NC(=O)C(F)(F)F)C3)CCO2)cc1. The number of benzene rings is 1. The Morgan fingerprint density at radius 3 is 2.24 bits per heavy atom. The number of carbonyl (C=O) groups excluding carboxylic acids is 3. The van der Waals surface area contributed by atoms with Crippen molar-refractivity contribution < 1.29 is 46.9 Å². The number of rotatable bonds is 4. The Balaban J connectivity index is 1.67. The minimum atomic E-state index is -5.21. The van der Waals surface area contributed by atoms with Crippen LogP contribution in [0.3, 0.4) is 0 Å². The monoisotopic (exact) mass is 487 g/mol. The number of carbonyl (C=O) groups is 4. The van der Waals surface area contributed by atoms with E-state index in [4.69, 9.17) is 9.47 Å². The smallest absolute Gasteiger partial charge is 0.471 e. The highest BCUT2D eigenvalue weighted by molar-refractivity contribution is 6.35. The van der Waals surface area contributed by atoms with Crippen LogP contribution in [0.4, 0.5) is 13.2 Å². The lowest BCUT2D eigenvalue weighted by Gasteiger charge is -2.38. The average molecular weight is 487 g/mol. The summed E-state index contributed by atoms with van der Waals surface area (Å²) in [5.74, 6) is -6.25. The number of likely N-dealkylation sites (tertiary alicyclic amines) is 1. The number of carboxylic acids is 1. The quantitative estimate of drug-likeness (QED) is 0.595. The summed E-state index contributed by atoms with van der Waals surface area (Å²) in [7, 11) is 1.52. The van der Waals surface area contributed by atoms with Gasteiger partial charge in [0.05, 0.1) is 32.2 Å². The second kappa shape index (κ2) is 10.3. The van der Waals surface area contributed by atoms with Crippen LogP contribution in [-0.4, -0.2) is 90.7 Å². The van der Waals surface area contributed by atoms with E-state index in [0.717, 1.165) is 10.5 Å². The van der Waals surface area contributed by atoms with Gasteiger partial charge in [0.25, 0.3) is 0 Å². The predicted molar refractivity (Wildman–Crippen MR) is 109 cm³/mol. The van der Waals surface area contributed by atoms with Gasteiger partial charge in [-0.3, -0.25) is 19.2 Å². The van der Waals surface area contributed by atoms with Gasteiger partial charge in [0, 0.05) is 19.6 Å². The number of piperidine rings is 1. The third kappa shape index (κ3) is 5.76. The standard InChI is InChI=1S/C21H24F3N3O7/c1-33-13-4-2-12(3-5-13)16-11-27(8-9-34-16)18(29)17(28)26-7-6-14(19(30)31)15(10-26)25-20(32)21(22,23)24/h2-5,14-16H,6-11H2,1H3,(H,25,32)(H,30,31). The van der Waals surface area contributed by atoms with E-state index < -0.39 is 54.5 Å². The molecular formula is C21H24F3N3O7. The average Bonchev–Trinajstić information content (AvgIpc) is 2.82. The van der Waals surface area contributed by atoms with E-state index >= 15 is 0 Å². The first kappa shape index (κ1) is 25.3. The van der Waals surface area contributed by atoms with Gasteiger partial charge < -0.3 is 29.7 Å². The van der Waals surface area contributed by atoms with Crippen molar-refractivity contribution >= 4 is 23.7 Å². The maximum absolute atomic E-state index is 12.9. The lowest BCUT2D eigenvalue weighted by Crippen LogP contribution is -2.60. The molecule has 186 valence electrons. The zero-order chi connectivity index (χ0) is 25.0. The van der Waals surface area contributed by atoms with Gasteiger partial charge in [0.15, 0.2) is 0 Å². The van der Waals surface area contributed by atoms with Crippen molar-refractivity contribution in [3.8, 4) is 5.75 Å². The molecule has 3 amide bonds. The summed E-state index contributed by atoms with van der Waals surface area (Å²) < 4.78 is 48.8. The Hall–Kier alpha value is -3.35. The van der Waals surface area contributed by atoms with Gasteiger partial charge in [-0.05, 0) is 24.1 Å². The van der Waals surface area contributed by atoms with E-state index in [1.165, 1.54) is 12.0 Å². The highest BCUT2D eigenvalue weighted by Gasteiger charge is 2.45. The molecule has 0 bridgehead atoms. The molecular weight excluding hydrogens is 463 g/mol. The van der Waals surface area contributed by atoms with Crippen LogP contribution in [0.15, 0.2) is 24.3 Å².